The van der Waals surface area contributed by atoms with Gasteiger partial charge in [0.2, 0.25) is 5.91 Å². The molecule has 0 saturated heterocycles. The van der Waals surface area contributed by atoms with Crippen molar-refractivity contribution in [2.45, 2.75) is 38.8 Å². The molecule has 20 heavy (non-hydrogen) atoms. The fourth-order valence-electron chi connectivity index (χ4n) is 2.44. The summed E-state index contributed by atoms with van der Waals surface area (Å²) in [5, 5.41) is 11.2. The smallest absolute Gasteiger partial charge is 0.237 e. The zero-order valence-corrected chi connectivity index (χ0v) is 13.3. The summed E-state index contributed by atoms with van der Waals surface area (Å²) in [5.74, 6) is 0.00193. The van der Waals surface area contributed by atoms with Crippen molar-refractivity contribution in [1.29, 1.82) is 5.26 Å². The molecule has 0 aromatic carbocycles. The Morgan fingerprint density at radius 1 is 1.65 bits per heavy atom. The molecule has 1 aromatic heterocycles. The lowest BCUT2D eigenvalue weighted by Gasteiger charge is -2.36. The SMILES string of the molecule is CC1c2ccsc2CCN1CC(=O)N(C)C(C)(C)C#N. The maximum atomic E-state index is 12.3. The van der Waals surface area contributed by atoms with Crippen molar-refractivity contribution >= 4 is 17.2 Å². The first-order chi connectivity index (χ1) is 9.36. The number of amides is 1. The molecule has 1 amide bonds. The summed E-state index contributed by atoms with van der Waals surface area (Å²) in [5.41, 5.74) is 0.583. The van der Waals surface area contributed by atoms with E-state index in [1.807, 2.05) is 0 Å². The summed E-state index contributed by atoms with van der Waals surface area (Å²) in [7, 11) is 1.70. The topological polar surface area (TPSA) is 47.3 Å². The molecule has 1 aliphatic heterocycles. The first-order valence-corrected chi connectivity index (χ1v) is 7.73. The van der Waals surface area contributed by atoms with Gasteiger partial charge in [0.05, 0.1) is 12.6 Å². The second-order valence-electron chi connectivity index (χ2n) is 5.82. The van der Waals surface area contributed by atoms with Gasteiger partial charge in [0.15, 0.2) is 0 Å². The van der Waals surface area contributed by atoms with E-state index in [1.165, 1.54) is 10.4 Å². The van der Waals surface area contributed by atoms with Crippen LogP contribution in [-0.4, -0.2) is 41.4 Å². The summed E-state index contributed by atoms with van der Waals surface area (Å²) in [6.07, 6.45) is 1.01. The molecule has 1 atom stereocenters. The Balaban J connectivity index is 2.05. The van der Waals surface area contributed by atoms with Crippen LogP contribution in [0.3, 0.4) is 0 Å². The van der Waals surface area contributed by atoms with E-state index < -0.39 is 5.54 Å². The van der Waals surface area contributed by atoms with Gasteiger partial charge in [-0.1, -0.05) is 0 Å². The molecule has 108 valence electrons. The maximum Gasteiger partial charge on any atom is 0.237 e. The lowest BCUT2D eigenvalue weighted by atomic mass is 10.0. The second-order valence-corrected chi connectivity index (χ2v) is 6.82. The molecule has 1 unspecified atom stereocenters. The monoisotopic (exact) mass is 291 g/mol. The van der Waals surface area contributed by atoms with Crippen LogP contribution >= 0.6 is 11.3 Å². The zero-order valence-electron chi connectivity index (χ0n) is 12.5. The number of likely N-dealkylation sites (N-methyl/N-ethyl adjacent to an activating group) is 1. The van der Waals surface area contributed by atoms with Crippen molar-refractivity contribution in [2.24, 2.45) is 0 Å². The van der Waals surface area contributed by atoms with Gasteiger partial charge >= 0.3 is 0 Å². The van der Waals surface area contributed by atoms with Gasteiger partial charge < -0.3 is 4.90 Å². The molecule has 0 aliphatic carbocycles. The number of thiophene rings is 1. The van der Waals surface area contributed by atoms with Crippen molar-refractivity contribution in [2.75, 3.05) is 20.1 Å². The second kappa shape index (κ2) is 5.55. The van der Waals surface area contributed by atoms with Crippen molar-refractivity contribution in [3.05, 3.63) is 21.9 Å². The van der Waals surface area contributed by atoms with Crippen LogP contribution in [0.4, 0.5) is 0 Å². The van der Waals surface area contributed by atoms with Crippen LogP contribution in [0.25, 0.3) is 0 Å². The van der Waals surface area contributed by atoms with Gasteiger partial charge in [-0.25, -0.2) is 0 Å². The molecule has 0 bridgehead atoms. The van der Waals surface area contributed by atoms with Crippen LogP contribution in [-0.2, 0) is 11.2 Å². The highest BCUT2D eigenvalue weighted by molar-refractivity contribution is 7.10. The number of nitrogens with zero attached hydrogens (tertiary/aromatic N) is 3. The number of hydrogen-bond acceptors (Lipinski definition) is 4. The normalized spacial score (nSPS) is 19.2. The van der Waals surface area contributed by atoms with Crippen LogP contribution in [0.15, 0.2) is 11.4 Å². The van der Waals surface area contributed by atoms with Crippen molar-refractivity contribution in [1.82, 2.24) is 9.80 Å². The van der Waals surface area contributed by atoms with Gasteiger partial charge in [-0.3, -0.25) is 9.69 Å². The lowest BCUT2D eigenvalue weighted by molar-refractivity contribution is -0.134. The van der Waals surface area contributed by atoms with Gasteiger partial charge in [-0.05, 0) is 44.2 Å². The Hall–Kier alpha value is -1.38. The highest BCUT2D eigenvalue weighted by Gasteiger charge is 2.31. The minimum absolute atomic E-state index is 0.00193. The third-order valence-electron chi connectivity index (χ3n) is 4.23. The molecule has 0 fully saturated rings. The van der Waals surface area contributed by atoms with Crippen LogP contribution in [0.1, 0.15) is 37.3 Å². The summed E-state index contributed by atoms with van der Waals surface area (Å²) in [4.78, 5) is 17.5. The number of nitriles is 1. The van der Waals surface area contributed by atoms with Crippen LogP contribution in [0.2, 0.25) is 0 Å². The van der Waals surface area contributed by atoms with E-state index in [0.717, 1.165) is 13.0 Å². The van der Waals surface area contributed by atoms with Gasteiger partial charge in [-0.15, -0.1) is 11.3 Å². The average molecular weight is 291 g/mol. The highest BCUT2D eigenvalue weighted by atomic mass is 32.1. The first-order valence-electron chi connectivity index (χ1n) is 6.85. The molecule has 2 heterocycles. The van der Waals surface area contributed by atoms with Crippen LogP contribution in [0, 0.1) is 11.3 Å². The molecule has 1 aliphatic rings. The summed E-state index contributed by atoms with van der Waals surface area (Å²) in [6, 6.07) is 4.60. The van der Waals surface area contributed by atoms with Crippen molar-refractivity contribution in [3.63, 3.8) is 0 Å². The molecule has 0 spiro atoms. The molecule has 1 aromatic rings. The van der Waals surface area contributed by atoms with Gasteiger partial charge in [0, 0.05) is 24.5 Å². The minimum Gasteiger partial charge on any atom is -0.326 e. The summed E-state index contributed by atoms with van der Waals surface area (Å²) >= 11 is 1.80. The Kier molecular flexibility index (Phi) is 4.17. The highest BCUT2D eigenvalue weighted by Crippen LogP contribution is 2.32. The fraction of sp³-hybridized carbons (Fsp3) is 0.600. The van der Waals surface area contributed by atoms with E-state index >= 15 is 0 Å². The Morgan fingerprint density at radius 2 is 2.35 bits per heavy atom. The third kappa shape index (κ3) is 2.72. The number of hydrogen-bond donors (Lipinski definition) is 0. The van der Waals surface area contributed by atoms with Gasteiger partial charge in [0.1, 0.15) is 5.54 Å². The van der Waals surface area contributed by atoms with Crippen LogP contribution in [0.5, 0.6) is 0 Å². The van der Waals surface area contributed by atoms with Gasteiger partial charge in [0.25, 0.3) is 0 Å². The molecule has 0 saturated carbocycles. The van der Waals surface area contributed by atoms with E-state index in [2.05, 4.69) is 29.3 Å². The lowest BCUT2D eigenvalue weighted by Crippen LogP contribution is -2.49. The summed E-state index contributed by atoms with van der Waals surface area (Å²) < 4.78 is 0. The molecular formula is C15H21N3OS. The Morgan fingerprint density at radius 3 is 3.00 bits per heavy atom. The standard InChI is InChI=1S/C15H21N3OS/c1-11-12-6-8-20-13(12)5-7-18(11)9-14(19)17(4)15(2,3)10-16/h6,8,11H,5,7,9H2,1-4H3. The molecule has 2 rings (SSSR count). The molecule has 0 N–H and O–H groups in total. The first kappa shape index (κ1) is 15.0. The Bertz CT molecular complexity index is 544. The maximum absolute atomic E-state index is 12.3. The van der Waals surface area contributed by atoms with Crippen molar-refractivity contribution in [3.8, 4) is 6.07 Å². The molecule has 0 radical (unpaired) electrons. The molecule has 4 nitrogen and oxygen atoms in total. The Labute approximate surface area is 124 Å². The number of carbonyl (C=O) groups excluding carboxylic acids is 1. The average Bonchev–Trinajstić information content (AvgIpc) is 2.90. The largest absolute Gasteiger partial charge is 0.326 e. The van der Waals surface area contributed by atoms with E-state index in [9.17, 15) is 4.79 Å². The minimum atomic E-state index is -0.760. The zero-order chi connectivity index (χ0) is 14.9. The van der Waals surface area contributed by atoms with E-state index in [-0.39, 0.29) is 11.9 Å². The van der Waals surface area contributed by atoms with Gasteiger partial charge in [-0.2, -0.15) is 5.26 Å². The fourth-order valence-corrected chi connectivity index (χ4v) is 3.41. The molecular weight excluding hydrogens is 270 g/mol. The third-order valence-corrected chi connectivity index (χ3v) is 5.22. The number of fused-ring (bicyclic) bond motifs is 1. The van der Waals surface area contributed by atoms with Crippen LogP contribution < -0.4 is 0 Å². The number of rotatable bonds is 3. The van der Waals surface area contributed by atoms with Crippen molar-refractivity contribution < 1.29 is 4.79 Å². The summed E-state index contributed by atoms with van der Waals surface area (Å²) in [6.45, 7) is 6.95. The molecule has 5 heteroatoms. The van der Waals surface area contributed by atoms with E-state index in [1.54, 1.807) is 37.1 Å². The van der Waals surface area contributed by atoms with E-state index in [0.29, 0.717) is 6.54 Å². The quantitative estimate of drug-likeness (QED) is 0.859. The van der Waals surface area contributed by atoms with E-state index in [4.69, 9.17) is 5.26 Å². The predicted octanol–water partition coefficient (Wildman–Crippen LogP) is 2.43. The predicted molar refractivity (Wildman–Crippen MR) is 80.5 cm³/mol. The number of carbonyl (C=O) groups is 1.